The molecule has 15 heteroatoms. The summed E-state index contributed by atoms with van der Waals surface area (Å²) >= 11 is 0. The maximum absolute atomic E-state index is 13.8. The van der Waals surface area contributed by atoms with Crippen molar-refractivity contribution < 1.29 is 67.7 Å². The van der Waals surface area contributed by atoms with Crippen molar-refractivity contribution in [2.75, 3.05) is 20.7 Å². The van der Waals surface area contributed by atoms with Gasteiger partial charge in [-0.25, -0.2) is 9.59 Å². The van der Waals surface area contributed by atoms with Gasteiger partial charge in [0.1, 0.15) is 11.5 Å². The maximum Gasteiger partial charge on any atom is 0.357 e. The number of benzene rings is 1. The SMILES string of the molecule is C=C(O[C@@H](CC(=O)O)C(=O)O)[C@H](OC(C)=O)[C@@H](OC(C)=O)C(=O)OC1=CC[C@@]2(O)[C@H]3Cc4ccc(OC)c5c4[C@@]2(CCN3C)[C@H]1O5. The van der Waals surface area contributed by atoms with Gasteiger partial charge in [-0.05, 0) is 44.1 Å². The number of esters is 3. The minimum absolute atomic E-state index is 0.00336. The molecule has 0 amide bonds. The molecular formula is C31H35NO14. The van der Waals surface area contributed by atoms with Gasteiger partial charge in [-0.3, -0.25) is 14.4 Å². The molecule has 0 radical (unpaired) electrons. The molecule has 1 saturated heterocycles. The zero-order chi connectivity index (χ0) is 33.7. The summed E-state index contributed by atoms with van der Waals surface area (Å²) in [5, 5.41) is 30.9. The van der Waals surface area contributed by atoms with Crippen molar-refractivity contribution in [3.63, 3.8) is 0 Å². The van der Waals surface area contributed by atoms with Crippen molar-refractivity contribution in [2.24, 2.45) is 0 Å². The molecule has 3 N–H and O–H groups in total. The standard InChI is InChI=1S/C31H35NO14/c1-14(42-20(28(37)38)13-22(35)36)24(43-15(2)33)26(44-16(3)34)29(39)45-19-8-9-31(40)21-12-17-6-7-18(41-5)25-23(17)30(31,27(19)46-25)10-11-32(21)4/h6-8,20-21,24,26-27,40H,1,9-13H2,2-5H3,(H,35,36)(H,37,38)/t20-,21+,24-,26+,27-,30-,31+/m0/s1. The normalized spacial score (nSPS) is 27.4. The molecule has 1 spiro atoms. The lowest BCUT2D eigenvalue weighted by Gasteiger charge is -2.61. The highest BCUT2D eigenvalue weighted by atomic mass is 16.6. The summed E-state index contributed by atoms with van der Waals surface area (Å²) < 4.78 is 33.4. The number of rotatable bonds is 12. The fourth-order valence-corrected chi connectivity index (χ4v) is 7.24. The zero-order valence-electron chi connectivity index (χ0n) is 25.6. The molecule has 1 aromatic rings. The third kappa shape index (κ3) is 5.22. The molecule has 5 rings (SSSR count). The summed E-state index contributed by atoms with van der Waals surface area (Å²) in [6.45, 7) is 6.08. The number of carboxylic acid groups (broad SMARTS) is 2. The zero-order valence-corrected chi connectivity index (χ0v) is 25.6. The molecular weight excluding hydrogens is 610 g/mol. The first-order valence-corrected chi connectivity index (χ1v) is 14.5. The number of nitrogens with zero attached hydrogens (tertiary/aromatic N) is 1. The maximum atomic E-state index is 13.8. The van der Waals surface area contributed by atoms with E-state index in [2.05, 4.69) is 11.5 Å². The Kier molecular flexibility index (Phi) is 8.51. The third-order valence-electron chi connectivity index (χ3n) is 9.12. The van der Waals surface area contributed by atoms with E-state index in [0.29, 0.717) is 30.9 Å². The minimum Gasteiger partial charge on any atom is -0.493 e. The Labute approximate surface area is 263 Å². The Bertz CT molecular complexity index is 1530. The molecule has 15 nitrogen and oxygen atoms in total. The Balaban J connectivity index is 1.51. The number of aliphatic hydroxyl groups is 1. The van der Waals surface area contributed by atoms with E-state index in [-0.39, 0.29) is 18.2 Å². The highest BCUT2D eigenvalue weighted by molar-refractivity contribution is 5.82. The van der Waals surface area contributed by atoms with Gasteiger partial charge in [-0.15, -0.1) is 0 Å². The van der Waals surface area contributed by atoms with Gasteiger partial charge in [0.25, 0.3) is 0 Å². The van der Waals surface area contributed by atoms with Crippen LogP contribution in [-0.2, 0) is 54.8 Å². The van der Waals surface area contributed by atoms with Crippen molar-refractivity contribution in [1.82, 2.24) is 4.90 Å². The van der Waals surface area contributed by atoms with Crippen LogP contribution in [0, 0.1) is 0 Å². The van der Waals surface area contributed by atoms with Crippen molar-refractivity contribution in [3.8, 4) is 11.5 Å². The fraction of sp³-hybridized carbons (Fsp3) is 0.516. The van der Waals surface area contributed by atoms with Gasteiger partial charge >= 0.3 is 29.8 Å². The number of methoxy groups -OCH3 is 1. The second-order valence-corrected chi connectivity index (χ2v) is 11.8. The Morgan fingerprint density at radius 2 is 1.76 bits per heavy atom. The Morgan fingerprint density at radius 3 is 2.37 bits per heavy atom. The summed E-state index contributed by atoms with van der Waals surface area (Å²) in [7, 11) is 3.43. The molecule has 0 aromatic heterocycles. The topological polar surface area (TPSA) is 205 Å². The van der Waals surface area contributed by atoms with Gasteiger partial charge in [0, 0.05) is 31.9 Å². The second-order valence-electron chi connectivity index (χ2n) is 11.8. The first-order chi connectivity index (χ1) is 21.6. The van der Waals surface area contributed by atoms with Crippen molar-refractivity contribution in [1.29, 1.82) is 0 Å². The smallest absolute Gasteiger partial charge is 0.357 e. The van der Waals surface area contributed by atoms with Crippen LogP contribution in [0.4, 0.5) is 0 Å². The van der Waals surface area contributed by atoms with Crippen LogP contribution < -0.4 is 9.47 Å². The summed E-state index contributed by atoms with van der Waals surface area (Å²) in [4.78, 5) is 62.9. The van der Waals surface area contributed by atoms with Crippen LogP contribution in [0.5, 0.6) is 11.5 Å². The lowest BCUT2D eigenvalue weighted by atomic mass is 9.50. The van der Waals surface area contributed by atoms with E-state index >= 15 is 0 Å². The number of ether oxygens (including phenoxy) is 6. The molecule has 46 heavy (non-hydrogen) atoms. The monoisotopic (exact) mass is 645 g/mol. The molecule has 7 atom stereocenters. The summed E-state index contributed by atoms with van der Waals surface area (Å²) in [6, 6.07) is 3.43. The number of piperidine rings is 1. The number of carbonyl (C=O) groups excluding carboxylic acids is 3. The predicted molar refractivity (Wildman–Crippen MR) is 153 cm³/mol. The molecule has 4 aliphatic rings. The van der Waals surface area contributed by atoms with E-state index in [1.165, 1.54) is 13.2 Å². The van der Waals surface area contributed by atoms with E-state index in [9.17, 15) is 34.2 Å². The van der Waals surface area contributed by atoms with Crippen molar-refractivity contribution >= 4 is 29.8 Å². The quantitative estimate of drug-likeness (QED) is 0.164. The van der Waals surface area contributed by atoms with E-state index in [1.54, 1.807) is 6.07 Å². The van der Waals surface area contributed by atoms with Crippen LogP contribution in [0.2, 0.25) is 0 Å². The van der Waals surface area contributed by atoms with Gasteiger partial charge in [-0.1, -0.05) is 12.6 Å². The van der Waals surface area contributed by atoms with Crippen LogP contribution in [0.25, 0.3) is 0 Å². The molecule has 1 aromatic carbocycles. The highest BCUT2D eigenvalue weighted by Crippen LogP contribution is 2.65. The van der Waals surface area contributed by atoms with Crippen LogP contribution in [0.15, 0.2) is 36.3 Å². The molecule has 2 aliphatic carbocycles. The average Bonchev–Trinajstić information content (AvgIpc) is 3.33. The summed E-state index contributed by atoms with van der Waals surface area (Å²) in [5.41, 5.74) is -0.600. The minimum atomic E-state index is -2.06. The van der Waals surface area contributed by atoms with Crippen molar-refractivity contribution in [2.45, 2.75) is 81.0 Å². The molecule has 0 saturated carbocycles. The van der Waals surface area contributed by atoms with E-state index in [0.717, 1.165) is 25.0 Å². The Hall–Kier alpha value is -4.63. The number of hydrogen-bond donors (Lipinski definition) is 3. The molecule has 2 aliphatic heterocycles. The third-order valence-corrected chi connectivity index (χ3v) is 9.12. The van der Waals surface area contributed by atoms with E-state index in [4.69, 9.17) is 33.5 Å². The van der Waals surface area contributed by atoms with E-state index < -0.39 is 77.5 Å². The van der Waals surface area contributed by atoms with Gasteiger partial charge < -0.3 is 48.6 Å². The predicted octanol–water partition coefficient (Wildman–Crippen LogP) is 0.838. The number of likely N-dealkylation sites (N-methyl/N-ethyl adjacent to an activating group) is 1. The lowest BCUT2D eigenvalue weighted by molar-refractivity contribution is -0.185. The number of carbonyl (C=O) groups is 5. The van der Waals surface area contributed by atoms with Crippen LogP contribution in [-0.4, -0.2) is 107 Å². The van der Waals surface area contributed by atoms with Gasteiger partial charge in [0.15, 0.2) is 17.6 Å². The number of likely N-dealkylation sites (tertiary alicyclic amines) is 1. The van der Waals surface area contributed by atoms with Gasteiger partial charge in [0.2, 0.25) is 18.3 Å². The summed E-state index contributed by atoms with van der Waals surface area (Å²) in [6.07, 6.45) is -5.36. The lowest BCUT2D eigenvalue weighted by Crippen LogP contribution is -2.74. The molecule has 2 bridgehead atoms. The highest BCUT2D eigenvalue weighted by Gasteiger charge is 2.72. The Morgan fingerprint density at radius 1 is 1.09 bits per heavy atom. The van der Waals surface area contributed by atoms with Crippen molar-refractivity contribution in [3.05, 3.63) is 47.4 Å². The molecule has 2 heterocycles. The molecule has 0 unspecified atom stereocenters. The largest absolute Gasteiger partial charge is 0.493 e. The van der Waals surface area contributed by atoms with E-state index in [1.807, 2.05) is 13.1 Å². The van der Waals surface area contributed by atoms with Crippen LogP contribution in [0.3, 0.4) is 0 Å². The van der Waals surface area contributed by atoms with Gasteiger partial charge in [0.05, 0.1) is 24.5 Å². The molecule has 1 fully saturated rings. The number of hydrogen-bond acceptors (Lipinski definition) is 13. The average molecular weight is 646 g/mol. The van der Waals surface area contributed by atoms with Crippen LogP contribution in [0.1, 0.15) is 44.2 Å². The first-order valence-electron chi connectivity index (χ1n) is 14.5. The fourth-order valence-electron chi connectivity index (χ4n) is 7.24. The molecule has 248 valence electrons. The number of aliphatic carboxylic acids is 2. The summed E-state index contributed by atoms with van der Waals surface area (Å²) in [5.74, 6) is -6.25. The van der Waals surface area contributed by atoms with Gasteiger partial charge in [-0.2, -0.15) is 0 Å². The van der Waals surface area contributed by atoms with Crippen LogP contribution >= 0.6 is 0 Å². The number of carboxylic acids is 2. The second kappa shape index (κ2) is 11.9. The first kappa shape index (κ1) is 32.8.